The van der Waals surface area contributed by atoms with Crippen LogP contribution in [-0.2, 0) is 32.3 Å². The number of carbonyl (C=O) groups excluding carboxylic acids is 4. The van der Waals surface area contributed by atoms with Gasteiger partial charge in [-0.1, -0.05) is 30.3 Å². The van der Waals surface area contributed by atoms with Crippen LogP contribution in [0.5, 0.6) is 0 Å². The van der Waals surface area contributed by atoms with Gasteiger partial charge in [-0.05, 0) is 104 Å². The summed E-state index contributed by atoms with van der Waals surface area (Å²) >= 11 is 0. The number of likely N-dealkylation sites (tertiary alicyclic amines) is 1. The molecule has 4 heterocycles. The van der Waals surface area contributed by atoms with Crippen LogP contribution >= 0.6 is 0 Å². The molecular weight excluding hydrogens is 780 g/mol. The van der Waals surface area contributed by atoms with Gasteiger partial charge in [0.05, 0.1) is 23.0 Å². The van der Waals surface area contributed by atoms with Crippen molar-refractivity contribution in [3.63, 3.8) is 0 Å². The van der Waals surface area contributed by atoms with Crippen LogP contribution in [0.3, 0.4) is 0 Å². The number of rotatable bonds is 13. The maximum Gasteiger partial charge on any atom is 0.255 e. The number of hydrogen-bond acceptors (Lipinski definition) is 10. The molecule has 4 aliphatic rings. The summed E-state index contributed by atoms with van der Waals surface area (Å²) in [6.07, 6.45) is 4.55. The normalized spacial score (nSPS) is 19.6. The Morgan fingerprint density at radius 3 is 2.46 bits per heavy atom. The lowest BCUT2D eigenvalue weighted by atomic mass is 9.92. The summed E-state index contributed by atoms with van der Waals surface area (Å²) in [5, 5.41) is 39.3. The molecule has 2 saturated heterocycles. The van der Waals surface area contributed by atoms with Crippen LogP contribution in [0.4, 0.5) is 15.8 Å². The predicted octanol–water partition coefficient (Wildman–Crippen LogP) is 3.80. The molecule has 15 heteroatoms. The van der Waals surface area contributed by atoms with Crippen LogP contribution in [0.15, 0.2) is 66.9 Å². The first-order chi connectivity index (χ1) is 29.2. The Balaban J connectivity index is 0.849. The maximum atomic E-state index is 13.6. The van der Waals surface area contributed by atoms with Crippen molar-refractivity contribution in [3.8, 4) is 6.07 Å². The SMILES string of the molecule is Cc1cc(C2CCN(C(=O)CCC(=O)NCC3CCN(c4ccc(F)cc4C#N)CC3)C2)cc2c1CN(C(=O)[C@H](O)[C@@](C)(O)C(=O)N[C@H](C)c1ccc(N3C=CCN3)cc1)C2. The van der Waals surface area contributed by atoms with Crippen molar-refractivity contribution in [2.24, 2.45) is 5.92 Å². The Kier molecular flexibility index (Phi) is 13.1. The second-order valence-electron chi connectivity index (χ2n) is 17.0. The van der Waals surface area contributed by atoms with Crippen molar-refractivity contribution in [2.45, 2.75) is 89.6 Å². The lowest BCUT2D eigenvalue weighted by molar-refractivity contribution is -0.166. The fourth-order valence-electron chi connectivity index (χ4n) is 8.79. The third-order valence-corrected chi connectivity index (χ3v) is 12.7. The molecular formula is C46H55FN8O6. The van der Waals surface area contributed by atoms with Crippen molar-refractivity contribution < 1.29 is 33.8 Å². The molecule has 0 bridgehead atoms. The zero-order valence-corrected chi connectivity index (χ0v) is 35.0. The topological polar surface area (TPSA) is 182 Å². The van der Waals surface area contributed by atoms with Gasteiger partial charge in [0.25, 0.3) is 11.8 Å². The number of nitrogens with one attached hydrogen (secondary N) is 3. The van der Waals surface area contributed by atoms with Crippen molar-refractivity contribution >= 4 is 35.0 Å². The summed E-state index contributed by atoms with van der Waals surface area (Å²) in [6.45, 7) is 9.08. The van der Waals surface area contributed by atoms with Gasteiger partial charge in [0, 0.05) is 77.3 Å². The average Bonchev–Trinajstić information content (AvgIpc) is 4.07. The summed E-state index contributed by atoms with van der Waals surface area (Å²) in [4.78, 5) is 58.2. The van der Waals surface area contributed by atoms with E-state index in [1.165, 1.54) is 17.0 Å². The van der Waals surface area contributed by atoms with Crippen LogP contribution in [0.2, 0.25) is 0 Å². The molecule has 0 aromatic heterocycles. The Labute approximate surface area is 356 Å². The minimum absolute atomic E-state index is 0.0710. The Morgan fingerprint density at radius 1 is 1.00 bits per heavy atom. The molecule has 322 valence electrons. The van der Waals surface area contributed by atoms with Crippen LogP contribution in [-0.4, -0.2) is 94.6 Å². The van der Waals surface area contributed by atoms with Gasteiger partial charge in [-0.3, -0.25) is 24.2 Å². The number of anilines is 2. The first-order valence-electron chi connectivity index (χ1n) is 21.1. The zero-order chi connectivity index (χ0) is 43.4. The largest absolute Gasteiger partial charge is 0.380 e. The molecule has 0 aliphatic carbocycles. The van der Waals surface area contributed by atoms with E-state index < -0.39 is 35.4 Å². The second-order valence-corrected chi connectivity index (χ2v) is 17.0. The highest BCUT2D eigenvalue weighted by Gasteiger charge is 2.46. The summed E-state index contributed by atoms with van der Waals surface area (Å²) in [5.74, 6) is -1.93. The Bertz CT molecular complexity index is 2220. The highest BCUT2D eigenvalue weighted by atomic mass is 19.1. The van der Waals surface area contributed by atoms with E-state index in [-0.39, 0.29) is 49.6 Å². The predicted molar refractivity (Wildman–Crippen MR) is 227 cm³/mol. The number of carbonyl (C=O) groups is 4. The molecule has 3 aromatic carbocycles. The van der Waals surface area contributed by atoms with E-state index in [1.54, 1.807) is 17.9 Å². The van der Waals surface area contributed by atoms with Gasteiger partial charge in [0.15, 0.2) is 11.7 Å². The van der Waals surface area contributed by atoms with Gasteiger partial charge in [0.1, 0.15) is 11.9 Å². The number of aryl methyl sites for hydroxylation is 1. The molecule has 1 unspecified atom stereocenters. The minimum Gasteiger partial charge on any atom is -0.380 e. The number of benzene rings is 3. The zero-order valence-electron chi connectivity index (χ0n) is 35.0. The third-order valence-electron chi connectivity index (χ3n) is 12.7. The molecule has 5 N–H and O–H groups in total. The highest BCUT2D eigenvalue weighted by Crippen LogP contribution is 2.35. The number of aliphatic hydroxyl groups is 2. The number of hydrazine groups is 1. The number of nitriles is 1. The smallest absolute Gasteiger partial charge is 0.255 e. The van der Waals surface area contributed by atoms with Crippen molar-refractivity contribution in [3.05, 3.63) is 106 Å². The van der Waals surface area contributed by atoms with E-state index in [4.69, 9.17) is 0 Å². The Hall–Kier alpha value is -5.82. The number of aliphatic hydroxyl groups excluding tert-OH is 1. The number of halogens is 1. The highest BCUT2D eigenvalue weighted by molar-refractivity contribution is 5.94. The maximum absolute atomic E-state index is 13.6. The molecule has 4 atom stereocenters. The molecule has 61 heavy (non-hydrogen) atoms. The summed E-state index contributed by atoms with van der Waals surface area (Å²) in [7, 11) is 0. The van der Waals surface area contributed by atoms with Gasteiger partial charge in [-0.25, -0.2) is 9.82 Å². The van der Waals surface area contributed by atoms with E-state index in [9.17, 15) is 39.0 Å². The number of fused-ring (bicyclic) bond motifs is 1. The van der Waals surface area contributed by atoms with Crippen LogP contribution < -0.4 is 26.0 Å². The van der Waals surface area contributed by atoms with Gasteiger partial charge >= 0.3 is 0 Å². The van der Waals surface area contributed by atoms with Crippen molar-refractivity contribution in [1.29, 1.82) is 5.26 Å². The van der Waals surface area contributed by atoms with E-state index in [1.807, 2.05) is 48.5 Å². The first kappa shape index (κ1) is 43.3. The van der Waals surface area contributed by atoms with Gasteiger partial charge in [-0.2, -0.15) is 5.26 Å². The van der Waals surface area contributed by atoms with Crippen LogP contribution in [0.1, 0.15) is 91.3 Å². The van der Waals surface area contributed by atoms with Crippen LogP contribution in [0, 0.1) is 30.0 Å². The minimum atomic E-state index is -2.39. The molecule has 0 radical (unpaired) electrons. The standard InChI is InChI=1S/C46H55FN8O6/c1-29-21-34(33-15-20-53(26-33)42(57)12-11-41(56)49-25-31-13-18-52(19-14-31)40-10-7-37(47)23-35(40)24-48)22-36-27-54(28-39(29)36)44(59)43(58)46(3,61)45(60)51-30(2)32-5-8-38(9-6-32)55-17-4-16-50-55/h4-10,17,21-23,30-31,33,43,50,58,61H,11-16,18-20,25-28H2,1-3H3,(H,49,56)(H,51,60)/t30-,33?,43+,46-/m1/s1. The molecule has 4 amide bonds. The lowest BCUT2D eigenvalue weighted by Gasteiger charge is -2.34. The van der Waals surface area contributed by atoms with E-state index >= 15 is 0 Å². The first-order valence-corrected chi connectivity index (χ1v) is 21.1. The second kappa shape index (κ2) is 18.4. The van der Waals surface area contributed by atoms with Crippen molar-refractivity contribution in [2.75, 3.05) is 49.2 Å². The number of hydrogen-bond donors (Lipinski definition) is 5. The van der Waals surface area contributed by atoms with Gasteiger partial charge in [0.2, 0.25) is 11.8 Å². The molecule has 7 rings (SSSR count). The molecule has 0 spiro atoms. The lowest BCUT2D eigenvalue weighted by Crippen LogP contribution is -2.58. The Morgan fingerprint density at radius 2 is 1.75 bits per heavy atom. The number of nitrogens with zero attached hydrogens (tertiary/aromatic N) is 5. The molecule has 4 aliphatic heterocycles. The molecule has 0 saturated carbocycles. The summed E-state index contributed by atoms with van der Waals surface area (Å²) in [5.41, 5.74) is 7.47. The van der Waals surface area contributed by atoms with E-state index in [0.717, 1.165) is 71.9 Å². The molecule has 3 aromatic rings. The number of amides is 4. The fourth-order valence-corrected chi connectivity index (χ4v) is 8.79. The van der Waals surface area contributed by atoms with Gasteiger partial charge < -0.3 is 35.5 Å². The van der Waals surface area contributed by atoms with E-state index in [2.05, 4.69) is 39.2 Å². The van der Waals surface area contributed by atoms with Crippen LogP contribution in [0.25, 0.3) is 0 Å². The summed E-state index contributed by atoms with van der Waals surface area (Å²) in [6, 6.07) is 17.5. The molecule has 14 nitrogen and oxygen atoms in total. The fraction of sp³-hybridized carbons (Fsp3) is 0.457. The molecule has 2 fully saturated rings. The quantitative estimate of drug-likeness (QED) is 0.170. The number of piperidine rings is 1. The average molecular weight is 835 g/mol. The van der Waals surface area contributed by atoms with E-state index in [0.29, 0.717) is 38.3 Å². The van der Waals surface area contributed by atoms with Gasteiger partial charge in [-0.15, -0.1) is 0 Å². The summed E-state index contributed by atoms with van der Waals surface area (Å²) < 4.78 is 13.6. The monoisotopic (exact) mass is 834 g/mol. The van der Waals surface area contributed by atoms with Crippen molar-refractivity contribution in [1.82, 2.24) is 25.9 Å². The third kappa shape index (κ3) is 9.72.